The van der Waals surface area contributed by atoms with E-state index in [1.165, 1.54) is 6.07 Å². The molecule has 0 spiro atoms. The summed E-state index contributed by atoms with van der Waals surface area (Å²) < 4.78 is 18.7. The first kappa shape index (κ1) is 10.4. The fourth-order valence-corrected chi connectivity index (χ4v) is 2.24. The van der Waals surface area contributed by atoms with E-state index >= 15 is 0 Å². The van der Waals surface area contributed by atoms with Gasteiger partial charge in [-0.15, -0.1) is 0 Å². The molecule has 1 unspecified atom stereocenters. The van der Waals surface area contributed by atoms with Gasteiger partial charge >= 0.3 is 0 Å². The highest BCUT2D eigenvalue weighted by atomic mass is 19.1. The standard InChI is InChI=1S/C12H16FNO/c1-8-6-9(13)7-10(12(8)15-2)11-4-3-5-14-11/h6-7,11,14H,3-5H2,1-2H3. The lowest BCUT2D eigenvalue weighted by Gasteiger charge is -2.17. The summed E-state index contributed by atoms with van der Waals surface area (Å²) in [5.41, 5.74) is 1.81. The van der Waals surface area contributed by atoms with Crippen molar-refractivity contribution >= 4 is 0 Å². The number of hydrogen-bond acceptors (Lipinski definition) is 2. The zero-order chi connectivity index (χ0) is 10.8. The van der Waals surface area contributed by atoms with Gasteiger partial charge in [-0.1, -0.05) is 0 Å². The molecule has 1 aliphatic heterocycles. The molecule has 1 atom stereocenters. The SMILES string of the molecule is COc1c(C)cc(F)cc1C1CCCN1. The second-order valence-corrected chi connectivity index (χ2v) is 3.99. The summed E-state index contributed by atoms with van der Waals surface area (Å²) in [7, 11) is 1.64. The van der Waals surface area contributed by atoms with E-state index in [0.717, 1.165) is 36.3 Å². The van der Waals surface area contributed by atoms with Crippen molar-refractivity contribution in [1.29, 1.82) is 0 Å². The first-order valence-corrected chi connectivity index (χ1v) is 5.30. The normalized spacial score (nSPS) is 20.6. The second-order valence-electron chi connectivity index (χ2n) is 3.99. The molecule has 1 saturated heterocycles. The van der Waals surface area contributed by atoms with Crippen LogP contribution in [-0.4, -0.2) is 13.7 Å². The largest absolute Gasteiger partial charge is 0.496 e. The van der Waals surface area contributed by atoms with Crippen LogP contribution in [0.25, 0.3) is 0 Å². The van der Waals surface area contributed by atoms with Crippen molar-refractivity contribution < 1.29 is 9.13 Å². The molecule has 1 aliphatic rings. The Morgan fingerprint density at radius 3 is 2.87 bits per heavy atom. The fourth-order valence-electron chi connectivity index (χ4n) is 2.24. The van der Waals surface area contributed by atoms with Crippen molar-refractivity contribution in [2.75, 3.05) is 13.7 Å². The number of ether oxygens (including phenoxy) is 1. The molecule has 0 bridgehead atoms. The molecule has 1 heterocycles. The van der Waals surface area contributed by atoms with Gasteiger partial charge in [0.05, 0.1) is 7.11 Å². The van der Waals surface area contributed by atoms with Crippen molar-refractivity contribution in [3.05, 3.63) is 29.1 Å². The van der Waals surface area contributed by atoms with Crippen molar-refractivity contribution in [2.24, 2.45) is 0 Å². The molecule has 0 saturated carbocycles. The van der Waals surface area contributed by atoms with E-state index in [1.54, 1.807) is 13.2 Å². The molecule has 1 aromatic rings. The van der Waals surface area contributed by atoms with Gasteiger partial charge in [0.1, 0.15) is 11.6 Å². The number of benzene rings is 1. The van der Waals surface area contributed by atoms with Crippen molar-refractivity contribution in [2.45, 2.75) is 25.8 Å². The van der Waals surface area contributed by atoms with Crippen molar-refractivity contribution in [3.8, 4) is 5.75 Å². The summed E-state index contributed by atoms with van der Waals surface area (Å²) in [5, 5.41) is 3.36. The fraction of sp³-hybridized carbons (Fsp3) is 0.500. The number of aryl methyl sites for hydroxylation is 1. The topological polar surface area (TPSA) is 21.3 Å². The van der Waals surface area contributed by atoms with Crippen LogP contribution in [0, 0.1) is 12.7 Å². The predicted molar refractivity (Wildman–Crippen MR) is 57.7 cm³/mol. The second kappa shape index (κ2) is 4.19. The van der Waals surface area contributed by atoms with Crippen LogP contribution in [0.3, 0.4) is 0 Å². The van der Waals surface area contributed by atoms with Gasteiger partial charge in [-0.2, -0.15) is 0 Å². The zero-order valence-corrected chi connectivity index (χ0v) is 9.14. The Hall–Kier alpha value is -1.09. The monoisotopic (exact) mass is 209 g/mol. The molecule has 2 nitrogen and oxygen atoms in total. The van der Waals surface area contributed by atoms with E-state index in [0.29, 0.717) is 0 Å². The molecule has 1 fully saturated rings. The molecule has 1 N–H and O–H groups in total. The Balaban J connectivity index is 2.42. The minimum Gasteiger partial charge on any atom is -0.496 e. The van der Waals surface area contributed by atoms with Crippen molar-refractivity contribution in [3.63, 3.8) is 0 Å². The average molecular weight is 209 g/mol. The smallest absolute Gasteiger partial charge is 0.126 e. The van der Waals surface area contributed by atoms with Crippen molar-refractivity contribution in [1.82, 2.24) is 5.32 Å². The zero-order valence-electron chi connectivity index (χ0n) is 9.14. The van der Waals surface area contributed by atoms with Crippen LogP contribution < -0.4 is 10.1 Å². The molecular weight excluding hydrogens is 193 g/mol. The third kappa shape index (κ3) is 1.97. The minimum atomic E-state index is -0.183. The van der Waals surface area contributed by atoms with E-state index < -0.39 is 0 Å². The number of rotatable bonds is 2. The lowest BCUT2D eigenvalue weighted by molar-refractivity contribution is 0.398. The highest BCUT2D eigenvalue weighted by Crippen LogP contribution is 2.33. The molecule has 0 radical (unpaired) electrons. The molecule has 0 aromatic heterocycles. The molecule has 0 aliphatic carbocycles. The molecule has 3 heteroatoms. The average Bonchev–Trinajstić information content (AvgIpc) is 2.69. The molecule has 2 rings (SSSR count). The van der Waals surface area contributed by atoms with E-state index in [-0.39, 0.29) is 11.9 Å². The summed E-state index contributed by atoms with van der Waals surface area (Å²) >= 11 is 0. The van der Waals surface area contributed by atoms with Gasteiger partial charge < -0.3 is 10.1 Å². The van der Waals surface area contributed by atoms with Crippen LogP contribution in [0.15, 0.2) is 12.1 Å². The van der Waals surface area contributed by atoms with Crippen LogP contribution in [-0.2, 0) is 0 Å². The molecular formula is C12H16FNO. The number of halogens is 1. The summed E-state index contributed by atoms with van der Waals surface area (Å²) in [4.78, 5) is 0. The van der Waals surface area contributed by atoms with Crippen LogP contribution >= 0.6 is 0 Å². The maximum Gasteiger partial charge on any atom is 0.126 e. The number of methoxy groups -OCH3 is 1. The summed E-state index contributed by atoms with van der Waals surface area (Å²) in [6.45, 7) is 2.88. The highest BCUT2D eigenvalue weighted by molar-refractivity contribution is 5.43. The quantitative estimate of drug-likeness (QED) is 0.808. The van der Waals surface area contributed by atoms with Gasteiger partial charge in [-0.3, -0.25) is 0 Å². The van der Waals surface area contributed by atoms with Crippen LogP contribution in [0.5, 0.6) is 5.75 Å². The Kier molecular flexibility index (Phi) is 2.91. The maximum atomic E-state index is 13.3. The van der Waals surface area contributed by atoms with Gasteiger partial charge in [0.2, 0.25) is 0 Å². The Morgan fingerprint density at radius 1 is 1.47 bits per heavy atom. The molecule has 1 aromatic carbocycles. The number of nitrogens with one attached hydrogen (secondary N) is 1. The van der Waals surface area contributed by atoms with Gasteiger partial charge in [-0.05, 0) is 44.0 Å². The molecule has 15 heavy (non-hydrogen) atoms. The Labute approximate surface area is 89.4 Å². The third-order valence-corrected chi connectivity index (χ3v) is 2.91. The Bertz CT molecular complexity index is 359. The first-order valence-electron chi connectivity index (χ1n) is 5.30. The van der Waals surface area contributed by atoms with Crippen LogP contribution in [0.2, 0.25) is 0 Å². The van der Waals surface area contributed by atoms with Gasteiger partial charge in [0.25, 0.3) is 0 Å². The lowest BCUT2D eigenvalue weighted by atomic mass is 10.0. The lowest BCUT2D eigenvalue weighted by Crippen LogP contribution is -2.14. The predicted octanol–water partition coefficient (Wildman–Crippen LogP) is 2.57. The van der Waals surface area contributed by atoms with E-state index in [9.17, 15) is 4.39 Å². The van der Waals surface area contributed by atoms with Gasteiger partial charge in [0, 0.05) is 11.6 Å². The third-order valence-electron chi connectivity index (χ3n) is 2.91. The van der Waals surface area contributed by atoms with Gasteiger partial charge in [0.15, 0.2) is 0 Å². The summed E-state index contributed by atoms with van der Waals surface area (Å²) in [5.74, 6) is 0.632. The summed E-state index contributed by atoms with van der Waals surface area (Å²) in [6.07, 6.45) is 2.20. The van der Waals surface area contributed by atoms with Gasteiger partial charge in [-0.25, -0.2) is 4.39 Å². The maximum absolute atomic E-state index is 13.3. The summed E-state index contributed by atoms with van der Waals surface area (Å²) in [6, 6.07) is 3.33. The van der Waals surface area contributed by atoms with E-state index in [1.807, 2.05) is 6.92 Å². The van der Waals surface area contributed by atoms with Crippen LogP contribution in [0.1, 0.15) is 30.0 Å². The molecule has 82 valence electrons. The number of hydrogen-bond donors (Lipinski definition) is 1. The first-order chi connectivity index (χ1) is 7.22. The highest BCUT2D eigenvalue weighted by Gasteiger charge is 2.21. The minimum absolute atomic E-state index is 0.183. The van der Waals surface area contributed by atoms with E-state index in [4.69, 9.17) is 4.74 Å². The van der Waals surface area contributed by atoms with E-state index in [2.05, 4.69) is 5.32 Å². The van der Waals surface area contributed by atoms with Crippen LogP contribution in [0.4, 0.5) is 4.39 Å². The Morgan fingerprint density at radius 2 is 2.27 bits per heavy atom. The molecule has 0 amide bonds.